The summed E-state index contributed by atoms with van der Waals surface area (Å²) in [6, 6.07) is 7.84. The van der Waals surface area contributed by atoms with E-state index in [1.54, 1.807) is 30.6 Å². The molecule has 2 heterocycles. The largest absolute Gasteiger partial charge is 0.457 e. The van der Waals surface area contributed by atoms with Crippen LogP contribution in [0.1, 0.15) is 16.7 Å². The SMILES string of the molecule is O=C(OCc1ccc(F)cc1)C1=Cc2cnccc2CS1. The number of halogens is 1. The first-order valence-electron chi connectivity index (χ1n) is 6.41. The Hall–Kier alpha value is -2.14. The molecule has 3 rings (SSSR count). The summed E-state index contributed by atoms with van der Waals surface area (Å²) in [6.07, 6.45) is 5.27. The molecule has 0 spiro atoms. The van der Waals surface area contributed by atoms with Gasteiger partial charge in [-0.25, -0.2) is 9.18 Å². The Morgan fingerprint density at radius 3 is 2.90 bits per heavy atom. The number of ether oxygens (including phenoxy) is 1. The van der Waals surface area contributed by atoms with Crippen LogP contribution in [0.2, 0.25) is 0 Å². The highest BCUT2D eigenvalue weighted by Crippen LogP contribution is 2.32. The van der Waals surface area contributed by atoms with E-state index < -0.39 is 0 Å². The molecule has 21 heavy (non-hydrogen) atoms. The summed E-state index contributed by atoms with van der Waals surface area (Å²) in [5.41, 5.74) is 2.86. The van der Waals surface area contributed by atoms with Crippen LogP contribution in [0.5, 0.6) is 0 Å². The van der Waals surface area contributed by atoms with E-state index in [9.17, 15) is 9.18 Å². The third-order valence-electron chi connectivity index (χ3n) is 3.10. The molecule has 0 saturated carbocycles. The van der Waals surface area contributed by atoms with E-state index in [-0.39, 0.29) is 18.4 Å². The molecule has 1 aromatic carbocycles. The number of rotatable bonds is 3. The van der Waals surface area contributed by atoms with Gasteiger partial charge in [-0.1, -0.05) is 12.1 Å². The van der Waals surface area contributed by atoms with Crippen molar-refractivity contribution >= 4 is 23.8 Å². The molecular formula is C16H12FNO2S. The highest BCUT2D eigenvalue weighted by Gasteiger charge is 2.18. The standard InChI is InChI=1S/C16H12FNO2S/c17-14-3-1-11(2-4-14)9-20-16(19)15-7-13-8-18-6-5-12(13)10-21-15/h1-8H,9-10H2. The molecule has 0 aliphatic carbocycles. The van der Waals surface area contributed by atoms with E-state index in [0.717, 1.165) is 22.4 Å². The molecule has 0 fully saturated rings. The lowest BCUT2D eigenvalue weighted by Crippen LogP contribution is -2.08. The van der Waals surface area contributed by atoms with Crippen LogP contribution in [0.15, 0.2) is 47.6 Å². The van der Waals surface area contributed by atoms with Gasteiger partial charge in [0.25, 0.3) is 0 Å². The molecule has 0 N–H and O–H groups in total. The molecular weight excluding hydrogens is 289 g/mol. The first-order chi connectivity index (χ1) is 10.2. The van der Waals surface area contributed by atoms with Gasteiger partial charge in [-0.15, -0.1) is 11.8 Å². The Morgan fingerprint density at radius 2 is 2.10 bits per heavy atom. The number of fused-ring (bicyclic) bond motifs is 1. The zero-order valence-electron chi connectivity index (χ0n) is 11.1. The minimum atomic E-state index is -0.362. The summed E-state index contributed by atoms with van der Waals surface area (Å²) in [5, 5.41) is 0. The van der Waals surface area contributed by atoms with Gasteiger partial charge < -0.3 is 4.74 Å². The number of pyridine rings is 1. The first-order valence-corrected chi connectivity index (χ1v) is 7.40. The molecule has 106 valence electrons. The van der Waals surface area contributed by atoms with E-state index in [1.807, 2.05) is 6.07 Å². The van der Waals surface area contributed by atoms with Crippen molar-refractivity contribution in [3.63, 3.8) is 0 Å². The van der Waals surface area contributed by atoms with Gasteiger partial charge in [0.15, 0.2) is 0 Å². The van der Waals surface area contributed by atoms with E-state index >= 15 is 0 Å². The zero-order chi connectivity index (χ0) is 14.7. The van der Waals surface area contributed by atoms with Crippen molar-refractivity contribution in [2.45, 2.75) is 12.4 Å². The van der Waals surface area contributed by atoms with Crippen LogP contribution in [0.4, 0.5) is 4.39 Å². The van der Waals surface area contributed by atoms with Crippen molar-refractivity contribution < 1.29 is 13.9 Å². The monoisotopic (exact) mass is 301 g/mol. The van der Waals surface area contributed by atoms with Crippen molar-refractivity contribution in [3.8, 4) is 0 Å². The Bertz CT molecular complexity index is 698. The van der Waals surface area contributed by atoms with Crippen LogP contribution in [-0.4, -0.2) is 11.0 Å². The molecule has 2 aromatic rings. The van der Waals surface area contributed by atoms with Crippen LogP contribution in [0.3, 0.4) is 0 Å². The third-order valence-corrected chi connectivity index (χ3v) is 4.15. The lowest BCUT2D eigenvalue weighted by molar-refractivity contribution is -0.139. The fourth-order valence-electron chi connectivity index (χ4n) is 1.95. The normalized spacial score (nSPS) is 13.3. The number of carbonyl (C=O) groups excluding carboxylic acids is 1. The number of hydrogen-bond acceptors (Lipinski definition) is 4. The van der Waals surface area contributed by atoms with Crippen molar-refractivity contribution in [1.29, 1.82) is 0 Å². The van der Waals surface area contributed by atoms with Crippen LogP contribution in [0.25, 0.3) is 6.08 Å². The van der Waals surface area contributed by atoms with E-state index in [2.05, 4.69) is 4.98 Å². The zero-order valence-corrected chi connectivity index (χ0v) is 11.9. The molecule has 3 nitrogen and oxygen atoms in total. The van der Waals surface area contributed by atoms with E-state index in [0.29, 0.717) is 4.91 Å². The van der Waals surface area contributed by atoms with E-state index in [1.165, 1.54) is 23.9 Å². The topological polar surface area (TPSA) is 39.2 Å². The Labute approximate surface area is 125 Å². The quantitative estimate of drug-likeness (QED) is 0.813. The molecule has 0 bridgehead atoms. The number of aromatic nitrogens is 1. The van der Waals surface area contributed by atoms with Crippen LogP contribution >= 0.6 is 11.8 Å². The molecule has 0 amide bonds. The number of carbonyl (C=O) groups is 1. The lowest BCUT2D eigenvalue weighted by Gasteiger charge is -2.14. The van der Waals surface area contributed by atoms with Gasteiger partial charge in [0.05, 0.1) is 4.91 Å². The van der Waals surface area contributed by atoms with Crippen LogP contribution < -0.4 is 0 Å². The molecule has 0 atom stereocenters. The molecule has 1 aliphatic heterocycles. The molecule has 0 radical (unpaired) electrons. The molecule has 5 heteroatoms. The highest BCUT2D eigenvalue weighted by atomic mass is 32.2. The lowest BCUT2D eigenvalue weighted by atomic mass is 10.1. The van der Waals surface area contributed by atoms with Gasteiger partial charge in [0.2, 0.25) is 0 Å². The number of benzene rings is 1. The van der Waals surface area contributed by atoms with Gasteiger partial charge in [-0.2, -0.15) is 0 Å². The maximum Gasteiger partial charge on any atom is 0.344 e. The van der Waals surface area contributed by atoms with Crippen LogP contribution in [-0.2, 0) is 21.9 Å². The fraction of sp³-hybridized carbons (Fsp3) is 0.125. The van der Waals surface area contributed by atoms with Gasteiger partial charge in [0, 0.05) is 18.1 Å². The molecule has 1 aromatic heterocycles. The minimum Gasteiger partial charge on any atom is -0.457 e. The van der Waals surface area contributed by atoms with Gasteiger partial charge in [0.1, 0.15) is 12.4 Å². The molecule has 1 aliphatic rings. The smallest absolute Gasteiger partial charge is 0.344 e. The van der Waals surface area contributed by atoms with Crippen molar-refractivity contribution in [3.05, 3.63) is 70.1 Å². The summed E-state index contributed by atoms with van der Waals surface area (Å²) >= 11 is 1.45. The maximum absolute atomic E-state index is 12.8. The Kier molecular flexibility index (Phi) is 4.01. The first kappa shape index (κ1) is 13.8. The Balaban J connectivity index is 1.66. The predicted octanol–water partition coefficient (Wildman–Crippen LogP) is 3.55. The Morgan fingerprint density at radius 1 is 1.29 bits per heavy atom. The minimum absolute atomic E-state index is 0.136. The summed E-state index contributed by atoms with van der Waals surface area (Å²) in [6.45, 7) is 0.136. The maximum atomic E-state index is 12.8. The summed E-state index contributed by atoms with van der Waals surface area (Å²) < 4.78 is 18.0. The van der Waals surface area contributed by atoms with Crippen molar-refractivity contribution in [1.82, 2.24) is 4.98 Å². The average Bonchev–Trinajstić information content (AvgIpc) is 2.53. The van der Waals surface area contributed by atoms with Gasteiger partial charge in [-0.3, -0.25) is 4.98 Å². The number of hydrogen-bond donors (Lipinski definition) is 0. The fourth-order valence-corrected chi connectivity index (χ4v) is 2.91. The number of esters is 1. The summed E-state index contributed by atoms with van der Waals surface area (Å²) in [5.74, 6) is 0.0635. The second-order valence-electron chi connectivity index (χ2n) is 4.57. The van der Waals surface area contributed by atoms with Crippen molar-refractivity contribution in [2.75, 3.05) is 0 Å². The van der Waals surface area contributed by atoms with Gasteiger partial charge in [-0.05, 0) is 41.0 Å². The summed E-state index contributed by atoms with van der Waals surface area (Å²) in [4.78, 5) is 16.7. The van der Waals surface area contributed by atoms with Crippen LogP contribution in [0, 0.1) is 5.82 Å². The summed E-state index contributed by atoms with van der Waals surface area (Å²) in [7, 11) is 0. The molecule has 0 unspecified atom stereocenters. The number of thioether (sulfide) groups is 1. The van der Waals surface area contributed by atoms with Gasteiger partial charge >= 0.3 is 5.97 Å². The third kappa shape index (κ3) is 3.31. The average molecular weight is 301 g/mol. The highest BCUT2D eigenvalue weighted by molar-refractivity contribution is 8.03. The number of nitrogens with zero attached hydrogens (tertiary/aromatic N) is 1. The second-order valence-corrected chi connectivity index (χ2v) is 5.59. The van der Waals surface area contributed by atoms with Crippen molar-refractivity contribution in [2.24, 2.45) is 0 Å². The second kappa shape index (κ2) is 6.10. The predicted molar refractivity (Wildman–Crippen MR) is 79.7 cm³/mol. The van der Waals surface area contributed by atoms with E-state index in [4.69, 9.17) is 4.74 Å². The molecule has 0 saturated heterocycles.